The molecule has 1 heterocycles. The molecule has 1 aromatic rings. The van der Waals surface area contributed by atoms with E-state index in [-0.39, 0.29) is 0 Å². The normalized spacial score (nSPS) is 30.2. The smallest absolute Gasteiger partial charge is 0.119 e. The average molecular weight is 518 g/mol. The fourth-order valence-corrected chi connectivity index (χ4v) is 7.99. The van der Waals surface area contributed by atoms with E-state index in [0.29, 0.717) is 71.5 Å². The zero-order valence-electron chi connectivity index (χ0n) is 23.0. The van der Waals surface area contributed by atoms with Crippen molar-refractivity contribution >= 4 is 0 Å². The van der Waals surface area contributed by atoms with Crippen LogP contribution in [0.2, 0.25) is 0 Å². The van der Waals surface area contributed by atoms with E-state index in [1.165, 1.54) is 45.1 Å². The lowest BCUT2D eigenvalue weighted by atomic mass is 9.54. The molecule has 1 aromatic carbocycles. The van der Waals surface area contributed by atoms with Gasteiger partial charge in [-0.25, -0.2) is 0 Å². The van der Waals surface area contributed by atoms with Crippen LogP contribution < -0.4 is 4.74 Å². The van der Waals surface area contributed by atoms with Gasteiger partial charge in [-0.2, -0.15) is 0 Å². The van der Waals surface area contributed by atoms with Crippen LogP contribution in [0.1, 0.15) is 43.2 Å². The van der Waals surface area contributed by atoms with E-state index >= 15 is 0 Å². The number of methoxy groups -OCH3 is 1. The van der Waals surface area contributed by atoms with Crippen LogP contribution in [0.4, 0.5) is 0 Å². The molecule has 0 radical (unpaired) electrons. The molecule has 5 rings (SSSR count). The first-order chi connectivity index (χ1) is 18.2. The van der Waals surface area contributed by atoms with Gasteiger partial charge in [0.15, 0.2) is 0 Å². The second kappa shape index (κ2) is 13.2. The SMILES string of the molecule is COCCOCCOCCOCCOCCOc1ccc2c(c1)C13CCCCC1C1CC3C(C2)CN1C. The fraction of sp³-hybridized carbons (Fsp3) is 0.800. The van der Waals surface area contributed by atoms with Crippen molar-refractivity contribution < 1.29 is 28.4 Å². The zero-order chi connectivity index (χ0) is 25.5. The molecule has 2 bridgehead atoms. The second-order valence-electron chi connectivity index (χ2n) is 11.3. The Balaban J connectivity index is 1.01. The molecule has 37 heavy (non-hydrogen) atoms. The van der Waals surface area contributed by atoms with E-state index in [1.807, 2.05) is 0 Å². The summed E-state index contributed by atoms with van der Waals surface area (Å²) in [7, 11) is 4.04. The van der Waals surface area contributed by atoms with Gasteiger partial charge in [0.25, 0.3) is 0 Å². The molecule has 4 aliphatic rings. The molecule has 5 atom stereocenters. The van der Waals surface area contributed by atoms with Gasteiger partial charge in [0.2, 0.25) is 0 Å². The summed E-state index contributed by atoms with van der Waals surface area (Å²) < 4.78 is 33.2. The van der Waals surface area contributed by atoms with Gasteiger partial charge in [-0.3, -0.25) is 0 Å². The summed E-state index contributed by atoms with van der Waals surface area (Å²) in [6, 6.07) is 7.75. The number of benzene rings is 1. The van der Waals surface area contributed by atoms with Crippen molar-refractivity contribution in [2.24, 2.45) is 17.8 Å². The summed E-state index contributed by atoms with van der Waals surface area (Å²) in [6.07, 6.45) is 8.19. The Morgan fingerprint density at radius 1 is 0.838 bits per heavy atom. The molecule has 7 nitrogen and oxygen atoms in total. The lowest BCUT2D eigenvalue weighted by Gasteiger charge is -2.50. The summed E-state index contributed by atoms with van der Waals surface area (Å²) in [4.78, 5) is 2.71. The Bertz CT molecular complexity index is 851. The van der Waals surface area contributed by atoms with Crippen LogP contribution in [0.15, 0.2) is 18.2 Å². The van der Waals surface area contributed by atoms with Crippen molar-refractivity contribution in [2.75, 3.05) is 86.8 Å². The lowest BCUT2D eigenvalue weighted by molar-refractivity contribution is -0.00979. The average Bonchev–Trinajstić information content (AvgIpc) is 3.25. The van der Waals surface area contributed by atoms with Crippen molar-refractivity contribution in [3.8, 4) is 5.75 Å². The lowest BCUT2D eigenvalue weighted by Crippen LogP contribution is -2.47. The van der Waals surface area contributed by atoms with Gasteiger partial charge in [-0.05, 0) is 73.7 Å². The molecule has 2 saturated carbocycles. The maximum Gasteiger partial charge on any atom is 0.119 e. The molecule has 0 amide bonds. The van der Waals surface area contributed by atoms with E-state index < -0.39 is 0 Å². The highest BCUT2D eigenvalue weighted by molar-refractivity contribution is 5.47. The summed E-state index contributed by atoms with van der Waals surface area (Å²) >= 11 is 0. The first-order valence-corrected chi connectivity index (χ1v) is 14.5. The number of hydrogen-bond acceptors (Lipinski definition) is 7. The van der Waals surface area contributed by atoms with E-state index in [0.717, 1.165) is 29.5 Å². The third-order valence-electron chi connectivity index (χ3n) is 9.41. The van der Waals surface area contributed by atoms with Crippen LogP contribution in [-0.4, -0.2) is 97.7 Å². The quantitative estimate of drug-likeness (QED) is 0.310. The molecule has 3 aliphatic carbocycles. The van der Waals surface area contributed by atoms with Crippen LogP contribution in [0.3, 0.4) is 0 Å². The molecule has 0 N–H and O–H groups in total. The molecule has 7 heteroatoms. The number of piperidine rings is 1. The van der Waals surface area contributed by atoms with Crippen LogP contribution in [0, 0.1) is 17.8 Å². The van der Waals surface area contributed by atoms with Crippen molar-refractivity contribution in [1.82, 2.24) is 4.90 Å². The van der Waals surface area contributed by atoms with Gasteiger partial charge in [0, 0.05) is 25.1 Å². The van der Waals surface area contributed by atoms with Crippen LogP contribution >= 0.6 is 0 Å². The first kappa shape index (κ1) is 27.4. The number of ether oxygens (including phenoxy) is 6. The highest BCUT2D eigenvalue weighted by atomic mass is 16.6. The summed E-state index contributed by atoms with van der Waals surface area (Å²) in [5.41, 5.74) is 3.61. The molecule has 5 unspecified atom stereocenters. The van der Waals surface area contributed by atoms with E-state index in [9.17, 15) is 0 Å². The molecule has 0 aromatic heterocycles. The van der Waals surface area contributed by atoms with Gasteiger partial charge in [-0.15, -0.1) is 0 Å². The Labute approximate surface area is 223 Å². The van der Waals surface area contributed by atoms with Crippen molar-refractivity contribution in [3.05, 3.63) is 29.3 Å². The van der Waals surface area contributed by atoms with E-state index in [4.69, 9.17) is 28.4 Å². The molecular formula is C30H47NO6. The number of rotatable bonds is 16. The highest BCUT2D eigenvalue weighted by Gasteiger charge is 2.63. The van der Waals surface area contributed by atoms with Gasteiger partial charge >= 0.3 is 0 Å². The Morgan fingerprint density at radius 2 is 1.51 bits per heavy atom. The van der Waals surface area contributed by atoms with Crippen molar-refractivity contribution in [1.29, 1.82) is 0 Å². The first-order valence-electron chi connectivity index (χ1n) is 14.5. The minimum absolute atomic E-state index is 0.389. The molecule has 1 aliphatic heterocycles. The molecule has 1 spiro atoms. The third kappa shape index (κ3) is 6.02. The minimum Gasteiger partial charge on any atom is -0.491 e. The largest absolute Gasteiger partial charge is 0.491 e. The number of likely N-dealkylation sites (tertiary alicyclic amines) is 1. The third-order valence-corrected chi connectivity index (χ3v) is 9.41. The Kier molecular flexibility index (Phi) is 9.78. The molecule has 208 valence electrons. The maximum absolute atomic E-state index is 6.18. The monoisotopic (exact) mass is 517 g/mol. The van der Waals surface area contributed by atoms with Crippen LogP contribution in [-0.2, 0) is 35.5 Å². The summed E-state index contributed by atoms with van der Waals surface area (Å²) in [6.45, 7) is 7.05. The Hall–Kier alpha value is -1.22. The van der Waals surface area contributed by atoms with Crippen LogP contribution in [0.5, 0.6) is 5.75 Å². The number of fused-ring (bicyclic) bond motifs is 3. The van der Waals surface area contributed by atoms with Gasteiger partial charge in [0.05, 0.1) is 59.5 Å². The highest BCUT2D eigenvalue weighted by Crippen LogP contribution is 2.65. The van der Waals surface area contributed by atoms with E-state index in [2.05, 4.69) is 30.1 Å². The Morgan fingerprint density at radius 3 is 2.22 bits per heavy atom. The standard InChI is InChI=1S/C30H47NO6/c1-31-22-24-19-23-6-7-25(20-27(23)30-8-4-3-5-26(30)29(31)21-28(24)30)37-18-17-36-16-15-35-14-13-34-12-11-33-10-9-32-2/h6-7,20,24,26,28-29H,3-5,8-19,21-22H2,1-2H3. The number of hydrogen-bond donors (Lipinski definition) is 0. The minimum atomic E-state index is 0.389. The van der Waals surface area contributed by atoms with E-state index in [1.54, 1.807) is 18.2 Å². The van der Waals surface area contributed by atoms with Gasteiger partial charge in [0.1, 0.15) is 12.4 Å². The molecule has 1 saturated heterocycles. The predicted octanol–water partition coefficient (Wildman–Crippen LogP) is 3.71. The van der Waals surface area contributed by atoms with Gasteiger partial charge < -0.3 is 33.3 Å². The molecule has 3 fully saturated rings. The topological polar surface area (TPSA) is 58.6 Å². The predicted molar refractivity (Wildman–Crippen MR) is 142 cm³/mol. The fourth-order valence-electron chi connectivity index (χ4n) is 7.99. The van der Waals surface area contributed by atoms with Crippen LogP contribution in [0.25, 0.3) is 0 Å². The van der Waals surface area contributed by atoms with Crippen molar-refractivity contribution in [2.45, 2.75) is 50.0 Å². The number of nitrogens with zero attached hydrogens (tertiary/aromatic N) is 1. The van der Waals surface area contributed by atoms with Gasteiger partial charge in [-0.1, -0.05) is 18.9 Å². The second-order valence-corrected chi connectivity index (χ2v) is 11.3. The van der Waals surface area contributed by atoms with Crippen molar-refractivity contribution in [3.63, 3.8) is 0 Å². The summed E-state index contributed by atoms with van der Waals surface area (Å²) in [5.74, 6) is 3.52. The maximum atomic E-state index is 6.18. The molecular weight excluding hydrogens is 470 g/mol. The zero-order valence-corrected chi connectivity index (χ0v) is 23.0. The summed E-state index contributed by atoms with van der Waals surface area (Å²) in [5, 5.41) is 0.